The molecule has 3 aromatic rings. The number of anilines is 3. The van der Waals surface area contributed by atoms with Crippen LogP contribution in [0.25, 0.3) is 6.08 Å². The third-order valence-corrected chi connectivity index (χ3v) is 6.92. The number of rotatable bonds is 8. The molecule has 0 saturated carbocycles. The van der Waals surface area contributed by atoms with Gasteiger partial charge in [-0.1, -0.05) is 36.4 Å². The van der Waals surface area contributed by atoms with E-state index >= 15 is 0 Å². The number of para-hydroxylation sites is 2. The molecule has 10 heteroatoms. The number of hydrogen-bond acceptors (Lipinski definition) is 5. The number of halogens is 3. The van der Waals surface area contributed by atoms with Crippen LogP contribution in [0, 0.1) is 0 Å². The van der Waals surface area contributed by atoms with E-state index in [4.69, 9.17) is 5.73 Å². The number of carbonyl (C=O) groups excluding carboxylic acids is 2. The molecule has 1 saturated heterocycles. The number of nitrogens with zero attached hydrogens (tertiary/aromatic N) is 2. The summed E-state index contributed by atoms with van der Waals surface area (Å²) in [5.74, 6) is -0.662. The highest BCUT2D eigenvalue weighted by Gasteiger charge is 2.35. The van der Waals surface area contributed by atoms with Crippen molar-refractivity contribution in [2.75, 3.05) is 43.6 Å². The number of likely N-dealkylation sites (N-methyl/N-ethyl adjacent to an activating group) is 1. The van der Waals surface area contributed by atoms with E-state index in [1.807, 2.05) is 38.4 Å². The van der Waals surface area contributed by atoms with Crippen molar-refractivity contribution in [3.63, 3.8) is 0 Å². The number of nitrogens with one attached hydrogen (secondary N) is 2. The third-order valence-electron chi connectivity index (χ3n) is 6.92. The molecule has 1 unspecified atom stereocenters. The smallest absolute Gasteiger partial charge is 0.397 e. The van der Waals surface area contributed by atoms with Crippen molar-refractivity contribution in [3.05, 3.63) is 95.6 Å². The Hall–Kier alpha value is -4.15. The van der Waals surface area contributed by atoms with Gasteiger partial charge in [0.15, 0.2) is 0 Å². The van der Waals surface area contributed by atoms with Crippen molar-refractivity contribution < 1.29 is 22.8 Å². The molecular weight excluding hydrogens is 519 g/mol. The molecule has 1 aliphatic heterocycles. The molecule has 1 aliphatic rings. The highest BCUT2D eigenvalue weighted by molar-refractivity contribution is 6.03. The lowest BCUT2D eigenvalue weighted by atomic mass is 10.0. The second kappa shape index (κ2) is 12.4. The summed E-state index contributed by atoms with van der Waals surface area (Å²) in [6.45, 7) is 1.36. The zero-order valence-corrected chi connectivity index (χ0v) is 22.3. The normalized spacial score (nSPS) is 16.8. The summed E-state index contributed by atoms with van der Waals surface area (Å²) in [7, 11) is 3.99. The van der Waals surface area contributed by atoms with Crippen molar-refractivity contribution in [1.82, 2.24) is 9.80 Å². The second-order valence-electron chi connectivity index (χ2n) is 9.94. The summed E-state index contributed by atoms with van der Waals surface area (Å²) < 4.78 is 38.9. The molecule has 0 aliphatic carbocycles. The monoisotopic (exact) mass is 551 g/mol. The van der Waals surface area contributed by atoms with Gasteiger partial charge in [0.2, 0.25) is 11.8 Å². The van der Waals surface area contributed by atoms with Crippen LogP contribution in [-0.2, 0) is 15.8 Å². The first-order valence-corrected chi connectivity index (χ1v) is 12.8. The summed E-state index contributed by atoms with van der Waals surface area (Å²) in [5, 5.41) is 5.52. The zero-order valence-electron chi connectivity index (χ0n) is 22.3. The van der Waals surface area contributed by atoms with E-state index in [1.54, 1.807) is 30.3 Å². The molecule has 4 rings (SSSR count). The highest BCUT2D eigenvalue weighted by Crippen LogP contribution is 2.31. The van der Waals surface area contributed by atoms with Gasteiger partial charge in [0, 0.05) is 30.9 Å². The average molecular weight is 552 g/mol. The highest BCUT2D eigenvalue weighted by atomic mass is 19.4. The van der Waals surface area contributed by atoms with E-state index < -0.39 is 17.8 Å². The maximum absolute atomic E-state index is 13.5. The van der Waals surface area contributed by atoms with Gasteiger partial charge in [-0.3, -0.25) is 14.5 Å². The molecule has 4 N–H and O–H groups in total. The van der Waals surface area contributed by atoms with Crippen molar-refractivity contribution in [2.24, 2.45) is 0 Å². The van der Waals surface area contributed by atoms with Crippen LogP contribution in [0.2, 0.25) is 0 Å². The number of amides is 2. The number of likely N-dealkylation sites (tertiary alicyclic amines) is 1. The Bertz CT molecular complexity index is 1360. The Kier molecular flexibility index (Phi) is 8.91. The standard InChI is InChI=1S/C30H32F3N5O2/c1-37(2)24-17-18-38(19-24)28(29(40)35-23-14-12-22(13-15-23)30(31,32)33)21-10-7-20(8-11-21)9-16-27(39)36-26-6-4-3-5-25(26)34/h3-16,24,28H,17-19,34H2,1-2H3,(H,35,40)(H,36,39)/b16-9+/t24-,28?/m0/s1. The maximum Gasteiger partial charge on any atom is 0.416 e. The van der Waals surface area contributed by atoms with E-state index in [9.17, 15) is 22.8 Å². The van der Waals surface area contributed by atoms with E-state index in [1.165, 1.54) is 18.2 Å². The van der Waals surface area contributed by atoms with Gasteiger partial charge in [-0.2, -0.15) is 13.2 Å². The summed E-state index contributed by atoms with van der Waals surface area (Å²) >= 11 is 0. The van der Waals surface area contributed by atoms with Crippen LogP contribution >= 0.6 is 0 Å². The van der Waals surface area contributed by atoms with Crippen molar-refractivity contribution in [1.29, 1.82) is 0 Å². The Morgan fingerprint density at radius 2 is 1.68 bits per heavy atom. The fourth-order valence-electron chi connectivity index (χ4n) is 4.65. The Labute approximate surface area is 231 Å². The quantitative estimate of drug-likeness (QED) is 0.263. The largest absolute Gasteiger partial charge is 0.416 e. The van der Waals surface area contributed by atoms with Gasteiger partial charge in [0.1, 0.15) is 6.04 Å². The van der Waals surface area contributed by atoms with Crippen LogP contribution < -0.4 is 16.4 Å². The van der Waals surface area contributed by atoms with Crippen molar-refractivity contribution in [3.8, 4) is 0 Å². The number of alkyl halides is 3. The topological polar surface area (TPSA) is 90.7 Å². The van der Waals surface area contributed by atoms with E-state index in [2.05, 4.69) is 20.4 Å². The summed E-state index contributed by atoms with van der Waals surface area (Å²) in [6, 6.07) is 18.3. The Morgan fingerprint density at radius 3 is 2.27 bits per heavy atom. The van der Waals surface area contributed by atoms with Crippen LogP contribution in [0.15, 0.2) is 78.9 Å². The van der Waals surface area contributed by atoms with E-state index in [-0.39, 0.29) is 23.5 Å². The van der Waals surface area contributed by atoms with Gasteiger partial charge in [0.25, 0.3) is 0 Å². The molecule has 0 aromatic heterocycles. The first-order chi connectivity index (χ1) is 19.0. The minimum atomic E-state index is -4.45. The minimum absolute atomic E-state index is 0.278. The maximum atomic E-state index is 13.5. The number of benzene rings is 3. The predicted octanol–water partition coefficient (Wildman–Crippen LogP) is 5.26. The lowest BCUT2D eigenvalue weighted by Gasteiger charge is -2.28. The molecule has 0 radical (unpaired) electrons. The van der Waals surface area contributed by atoms with E-state index in [0.717, 1.165) is 29.7 Å². The number of nitrogens with two attached hydrogens (primary N) is 1. The van der Waals surface area contributed by atoms with Gasteiger partial charge in [-0.15, -0.1) is 0 Å². The first kappa shape index (κ1) is 28.8. The van der Waals surface area contributed by atoms with Gasteiger partial charge in [-0.25, -0.2) is 0 Å². The zero-order chi connectivity index (χ0) is 28.9. The average Bonchev–Trinajstić information content (AvgIpc) is 3.40. The summed E-state index contributed by atoms with van der Waals surface area (Å²) in [5.41, 5.74) is 7.87. The van der Waals surface area contributed by atoms with Crippen LogP contribution in [0.4, 0.5) is 30.2 Å². The van der Waals surface area contributed by atoms with Gasteiger partial charge in [0.05, 0.1) is 16.9 Å². The lowest BCUT2D eigenvalue weighted by molar-refractivity contribution is -0.137. The molecule has 7 nitrogen and oxygen atoms in total. The van der Waals surface area contributed by atoms with Crippen LogP contribution in [0.1, 0.15) is 29.2 Å². The number of carbonyl (C=O) groups is 2. The molecule has 1 fully saturated rings. The second-order valence-corrected chi connectivity index (χ2v) is 9.94. The van der Waals surface area contributed by atoms with Crippen molar-refractivity contribution in [2.45, 2.75) is 24.7 Å². The lowest BCUT2D eigenvalue weighted by Crippen LogP contribution is -2.38. The molecule has 3 aromatic carbocycles. The van der Waals surface area contributed by atoms with Gasteiger partial charge >= 0.3 is 6.18 Å². The van der Waals surface area contributed by atoms with Crippen molar-refractivity contribution >= 4 is 35.0 Å². The first-order valence-electron chi connectivity index (χ1n) is 12.8. The fraction of sp³-hybridized carbons (Fsp3) is 0.267. The van der Waals surface area contributed by atoms with Gasteiger partial charge in [-0.05, 0) is 74.1 Å². The Morgan fingerprint density at radius 1 is 1.00 bits per heavy atom. The molecule has 0 spiro atoms. The minimum Gasteiger partial charge on any atom is -0.397 e. The molecule has 2 amide bonds. The number of nitrogen functional groups attached to an aromatic ring is 1. The predicted molar refractivity (Wildman–Crippen MR) is 151 cm³/mol. The van der Waals surface area contributed by atoms with Crippen LogP contribution in [-0.4, -0.2) is 54.8 Å². The molecule has 2 atom stereocenters. The number of hydrogen-bond donors (Lipinski definition) is 3. The summed E-state index contributed by atoms with van der Waals surface area (Å²) in [4.78, 5) is 30.0. The Balaban J connectivity index is 1.50. The molecule has 40 heavy (non-hydrogen) atoms. The van der Waals surface area contributed by atoms with E-state index in [0.29, 0.717) is 24.5 Å². The fourth-order valence-corrected chi connectivity index (χ4v) is 4.65. The molecule has 210 valence electrons. The summed E-state index contributed by atoms with van der Waals surface area (Å²) in [6.07, 6.45) is -0.502. The SMILES string of the molecule is CN(C)[C@H]1CCN(C(C(=O)Nc2ccc(C(F)(F)F)cc2)c2ccc(/C=C/C(=O)Nc3ccccc3N)cc2)C1. The molecule has 1 heterocycles. The van der Waals surface area contributed by atoms with Gasteiger partial charge < -0.3 is 21.3 Å². The molecule has 0 bridgehead atoms. The van der Waals surface area contributed by atoms with Crippen LogP contribution in [0.5, 0.6) is 0 Å². The third kappa shape index (κ3) is 7.28. The molecular formula is C30H32F3N5O2. The van der Waals surface area contributed by atoms with Crippen LogP contribution in [0.3, 0.4) is 0 Å².